The highest BCUT2D eigenvalue weighted by Crippen LogP contribution is 2.49. The molecule has 0 saturated carbocycles. The topological polar surface area (TPSA) is 84.0 Å². The largest absolute Gasteiger partial charge is 0.493 e. The van der Waals surface area contributed by atoms with E-state index in [4.69, 9.17) is 18.9 Å². The summed E-state index contributed by atoms with van der Waals surface area (Å²) >= 11 is 0. The number of Topliss-reactive ketones (excluding diaryl/α,β-unsaturated/α-hetero) is 1. The minimum atomic E-state index is -0.334. The van der Waals surface area contributed by atoms with E-state index >= 15 is 0 Å². The van der Waals surface area contributed by atoms with Gasteiger partial charge < -0.3 is 18.9 Å². The fourth-order valence-electron chi connectivity index (χ4n) is 4.87. The number of pyridine rings is 1. The molecule has 0 bridgehead atoms. The van der Waals surface area contributed by atoms with Crippen molar-refractivity contribution in [2.75, 3.05) is 14.2 Å². The van der Waals surface area contributed by atoms with Gasteiger partial charge in [0.15, 0.2) is 17.3 Å². The van der Waals surface area contributed by atoms with Crippen LogP contribution in [-0.2, 0) is 4.79 Å². The number of fused-ring (bicyclic) bond motifs is 4. The van der Waals surface area contributed by atoms with Crippen LogP contribution in [0.25, 0.3) is 17.0 Å². The molecule has 2 aliphatic heterocycles. The number of ether oxygens (including phenoxy) is 4. The van der Waals surface area contributed by atoms with Crippen molar-refractivity contribution in [1.82, 2.24) is 4.98 Å². The third-order valence-electron chi connectivity index (χ3n) is 6.53. The molecule has 0 fully saturated rings. The number of ketones is 1. The molecule has 1 unspecified atom stereocenters. The Morgan fingerprint density at radius 1 is 0.972 bits per heavy atom. The number of para-hydroxylation sites is 1. The number of hydrogen-bond donors (Lipinski definition) is 0. The van der Waals surface area contributed by atoms with Crippen molar-refractivity contribution < 1.29 is 28.5 Å². The lowest BCUT2D eigenvalue weighted by Crippen LogP contribution is -2.21. The minimum Gasteiger partial charge on any atom is -0.493 e. The van der Waals surface area contributed by atoms with Gasteiger partial charge in [0.25, 0.3) is 0 Å². The molecule has 0 radical (unpaired) electrons. The third-order valence-corrected chi connectivity index (χ3v) is 6.53. The summed E-state index contributed by atoms with van der Waals surface area (Å²) in [5.41, 5.74) is 3.54. The highest BCUT2D eigenvalue weighted by Gasteiger charge is 2.38. The number of carbonyl (C=O) groups excluding carboxylic acids is 2. The van der Waals surface area contributed by atoms with Crippen LogP contribution in [-0.4, -0.2) is 31.0 Å². The number of allylic oxidation sites excluding steroid dienone is 1. The summed E-state index contributed by atoms with van der Waals surface area (Å²) in [6.07, 6.45) is 3.52. The molecule has 3 heterocycles. The molecule has 2 aliphatic rings. The van der Waals surface area contributed by atoms with Crippen LogP contribution in [0.1, 0.15) is 39.4 Å². The van der Waals surface area contributed by atoms with Crippen molar-refractivity contribution in [3.63, 3.8) is 0 Å². The van der Waals surface area contributed by atoms with Gasteiger partial charge in [0.05, 0.1) is 31.7 Å². The van der Waals surface area contributed by atoms with Gasteiger partial charge in [-0.1, -0.05) is 24.3 Å². The summed E-state index contributed by atoms with van der Waals surface area (Å²) in [5.74, 6) is 1.09. The molecule has 7 nitrogen and oxygen atoms in total. The van der Waals surface area contributed by atoms with Crippen LogP contribution in [0.15, 0.2) is 72.6 Å². The lowest BCUT2D eigenvalue weighted by Gasteiger charge is -2.26. The zero-order valence-corrected chi connectivity index (χ0v) is 19.6. The number of rotatable bonds is 4. The summed E-state index contributed by atoms with van der Waals surface area (Å²) in [6, 6.07) is 18.5. The Morgan fingerprint density at radius 3 is 2.69 bits per heavy atom. The monoisotopic (exact) mass is 479 g/mol. The smallest absolute Gasteiger partial charge is 0.312 e. The first-order valence-electron chi connectivity index (χ1n) is 11.4. The highest BCUT2D eigenvalue weighted by atomic mass is 16.5. The molecule has 6 rings (SSSR count). The number of nitrogens with zero attached hydrogens (tertiary/aromatic N) is 1. The molecule has 0 spiro atoms. The van der Waals surface area contributed by atoms with Crippen LogP contribution >= 0.6 is 0 Å². The highest BCUT2D eigenvalue weighted by molar-refractivity contribution is 6.15. The van der Waals surface area contributed by atoms with Crippen LogP contribution in [0, 0.1) is 0 Å². The van der Waals surface area contributed by atoms with Crippen molar-refractivity contribution >= 4 is 28.7 Å². The third kappa shape index (κ3) is 3.48. The number of methoxy groups -OCH3 is 2. The Bertz CT molecular complexity index is 1590. The van der Waals surface area contributed by atoms with Crippen molar-refractivity contribution in [1.29, 1.82) is 0 Å². The van der Waals surface area contributed by atoms with Crippen LogP contribution in [0.5, 0.6) is 23.0 Å². The van der Waals surface area contributed by atoms with Gasteiger partial charge in [0.2, 0.25) is 5.78 Å². The van der Waals surface area contributed by atoms with Crippen molar-refractivity contribution in [3.8, 4) is 23.0 Å². The predicted molar refractivity (Wildman–Crippen MR) is 133 cm³/mol. The van der Waals surface area contributed by atoms with E-state index in [1.54, 1.807) is 44.7 Å². The molecule has 0 saturated heterocycles. The summed E-state index contributed by atoms with van der Waals surface area (Å²) in [4.78, 5) is 30.2. The number of hydrogen-bond acceptors (Lipinski definition) is 7. The minimum absolute atomic E-state index is 0.134. The molecule has 3 aromatic carbocycles. The first-order valence-corrected chi connectivity index (χ1v) is 11.4. The number of aromatic nitrogens is 1. The first-order chi connectivity index (χ1) is 17.6. The maximum Gasteiger partial charge on any atom is 0.312 e. The van der Waals surface area contributed by atoms with E-state index in [9.17, 15) is 9.59 Å². The second-order valence-corrected chi connectivity index (χ2v) is 8.56. The van der Waals surface area contributed by atoms with Crippen LogP contribution in [0.3, 0.4) is 0 Å². The van der Waals surface area contributed by atoms with E-state index < -0.39 is 0 Å². The zero-order valence-electron chi connectivity index (χ0n) is 19.6. The van der Waals surface area contributed by atoms with Gasteiger partial charge in [-0.05, 0) is 48.0 Å². The predicted octanol–water partition coefficient (Wildman–Crippen LogP) is 5.31. The molecule has 1 atom stereocenters. The van der Waals surface area contributed by atoms with Gasteiger partial charge in [-0.3, -0.25) is 14.6 Å². The Labute approximate surface area is 206 Å². The average Bonchev–Trinajstić information content (AvgIpc) is 3.22. The van der Waals surface area contributed by atoms with E-state index in [-0.39, 0.29) is 29.9 Å². The first kappa shape index (κ1) is 21.9. The molecular formula is C29H21NO6. The second kappa shape index (κ2) is 8.53. The van der Waals surface area contributed by atoms with E-state index in [0.717, 1.165) is 16.5 Å². The van der Waals surface area contributed by atoms with Gasteiger partial charge in [0, 0.05) is 28.6 Å². The van der Waals surface area contributed by atoms with Crippen molar-refractivity contribution in [2.24, 2.45) is 0 Å². The van der Waals surface area contributed by atoms with Gasteiger partial charge >= 0.3 is 5.97 Å². The van der Waals surface area contributed by atoms with E-state index in [1.165, 1.54) is 0 Å². The Balaban J connectivity index is 1.46. The number of esters is 1. The van der Waals surface area contributed by atoms with Crippen LogP contribution in [0.2, 0.25) is 0 Å². The zero-order chi connectivity index (χ0) is 24.8. The standard InChI is InChI=1S/C29H21NO6/c1-33-23-7-3-5-18(28(23)34-2)14-24-27(32)19-9-11-22-26(29(19)36-24)20(15-25(31)35-22)16-8-10-21-17(13-16)6-4-12-30-21/h3-14,20H,15H2,1-2H3. The van der Waals surface area contributed by atoms with Crippen molar-refractivity contribution in [2.45, 2.75) is 12.3 Å². The maximum absolute atomic E-state index is 13.3. The molecule has 0 N–H and O–H groups in total. The second-order valence-electron chi connectivity index (χ2n) is 8.56. The lowest BCUT2D eigenvalue weighted by molar-refractivity contribution is -0.135. The molecule has 1 aromatic heterocycles. The molecule has 4 aromatic rings. The molecule has 178 valence electrons. The van der Waals surface area contributed by atoms with Crippen LogP contribution < -0.4 is 18.9 Å². The number of benzene rings is 3. The summed E-state index contributed by atoms with van der Waals surface area (Å²) in [6.45, 7) is 0. The van der Waals surface area contributed by atoms with Gasteiger partial charge in [-0.2, -0.15) is 0 Å². The molecule has 0 amide bonds. The molecule has 0 aliphatic carbocycles. The van der Waals surface area contributed by atoms with E-state index in [0.29, 0.717) is 39.7 Å². The lowest BCUT2D eigenvalue weighted by atomic mass is 9.84. The number of carbonyl (C=O) groups is 2. The summed E-state index contributed by atoms with van der Waals surface area (Å²) in [7, 11) is 3.10. The van der Waals surface area contributed by atoms with Gasteiger partial charge in [0.1, 0.15) is 11.5 Å². The Hall–Kier alpha value is -4.65. The van der Waals surface area contributed by atoms with Crippen LogP contribution in [0.4, 0.5) is 0 Å². The Kier molecular flexibility index (Phi) is 5.18. The Morgan fingerprint density at radius 2 is 1.86 bits per heavy atom. The van der Waals surface area contributed by atoms with Crippen molar-refractivity contribution in [3.05, 3.63) is 94.9 Å². The fraction of sp³-hybridized carbons (Fsp3) is 0.138. The van der Waals surface area contributed by atoms with E-state index in [2.05, 4.69) is 4.98 Å². The average molecular weight is 479 g/mol. The molecule has 36 heavy (non-hydrogen) atoms. The fourth-order valence-corrected chi connectivity index (χ4v) is 4.87. The quantitative estimate of drug-likeness (QED) is 0.223. The molecule has 7 heteroatoms. The van der Waals surface area contributed by atoms with Gasteiger partial charge in [-0.15, -0.1) is 0 Å². The maximum atomic E-state index is 13.3. The summed E-state index contributed by atoms with van der Waals surface area (Å²) in [5, 5.41) is 0.964. The van der Waals surface area contributed by atoms with Gasteiger partial charge in [-0.25, -0.2) is 0 Å². The SMILES string of the molecule is COc1cccc(C=C2Oc3c(ccc4c3C(c3ccc5ncccc5c3)CC(=O)O4)C2=O)c1OC. The summed E-state index contributed by atoms with van der Waals surface area (Å²) < 4.78 is 22.6. The normalized spacial score (nSPS) is 17.4. The van der Waals surface area contributed by atoms with E-state index in [1.807, 2.05) is 42.5 Å². The molecular weight excluding hydrogens is 458 g/mol.